The van der Waals surface area contributed by atoms with Gasteiger partial charge in [-0.1, -0.05) is 61.0 Å². The average Bonchev–Trinajstić information content (AvgIpc) is 2.71. The predicted molar refractivity (Wildman–Crippen MR) is 128 cm³/mol. The van der Waals surface area contributed by atoms with Crippen LogP contribution in [-0.2, 0) is 26.2 Å². The number of nitrogens with zero attached hydrogens (tertiary/aromatic N) is 2. The van der Waals surface area contributed by atoms with Crippen LogP contribution in [0.1, 0.15) is 32.8 Å². The van der Waals surface area contributed by atoms with Crippen LogP contribution in [0.4, 0.5) is 5.69 Å². The second kappa shape index (κ2) is 11.3. The van der Waals surface area contributed by atoms with Gasteiger partial charge in [-0.15, -0.1) is 0 Å². The second-order valence-corrected chi connectivity index (χ2v) is 10.1. The van der Waals surface area contributed by atoms with Crippen molar-refractivity contribution in [2.45, 2.75) is 45.8 Å². The average molecular weight is 480 g/mol. The molecule has 7 nitrogen and oxygen atoms in total. The van der Waals surface area contributed by atoms with Crippen LogP contribution in [0.2, 0.25) is 5.02 Å². The van der Waals surface area contributed by atoms with Crippen LogP contribution in [-0.4, -0.2) is 50.0 Å². The quantitative estimate of drug-likeness (QED) is 0.565. The summed E-state index contributed by atoms with van der Waals surface area (Å²) in [5.74, 6) is -0.777. The molecular weight excluding hydrogens is 450 g/mol. The van der Waals surface area contributed by atoms with Crippen LogP contribution < -0.4 is 9.62 Å². The SMILES string of the molecule is CCC(C(=O)NC(C)C)N(Cc1ccccc1)C(=O)CN(c1ccccc1Cl)S(C)(=O)=O. The number of nitrogens with one attached hydrogen (secondary N) is 1. The molecule has 0 saturated carbocycles. The summed E-state index contributed by atoms with van der Waals surface area (Å²) in [6, 6.07) is 14.9. The summed E-state index contributed by atoms with van der Waals surface area (Å²) in [7, 11) is -3.81. The molecule has 0 bridgehead atoms. The molecular formula is C23H30ClN3O4S. The highest BCUT2D eigenvalue weighted by Gasteiger charge is 2.32. The van der Waals surface area contributed by atoms with Gasteiger partial charge in [-0.25, -0.2) is 8.42 Å². The Hall–Kier alpha value is -2.58. The summed E-state index contributed by atoms with van der Waals surface area (Å²) in [5.41, 5.74) is 1.05. The number of rotatable bonds is 10. The molecule has 0 radical (unpaired) electrons. The minimum absolute atomic E-state index is 0.0964. The molecule has 0 aliphatic heterocycles. The van der Waals surface area contributed by atoms with Crippen LogP contribution in [0.25, 0.3) is 0 Å². The molecule has 1 N–H and O–H groups in total. The third-order valence-electron chi connectivity index (χ3n) is 4.81. The fourth-order valence-corrected chi connectivity index (χ4v) is 4.48. The Morgan fingerprint density at radius 2 is 1.62 bits per heavy atom. The van der Waals surface area contributed by atoms with Crippen molar-refractivity contribution >= 4 is 39.1 Å². The van der Waals surface area contributed by atoms with Gasteiger partial charge in [0.05, 0.1) is 17.0 Å². The topological polar surface area (TPSA) is 86.8 Å². The van der Waals surface area contributed by atoms with Crippen LogP contribution in [0, 0.1) is 0 Å². The molecule has 0 aromatic heterocycles. The van der Waals surface area contributed by atoms with Crippen LogP contribution in [0.15, 0.2) is 54.6 Å². The van der Waals surface area contributed by atoms with Gasteiger partial charge in [0, 0.05) is 12.6 Å². The molecule has 174 valence electrons. The lowest BCUT2D eigenvalue weighted by Gasteiger charge is -2.33. The van der Waals surface area contributed by atoms with Crippen LogP contribution in [0.5, 0.6) is 0 Å². The Bertz CT molecular complexity index is 1030. The first-order chi connectivity index (χ1) is 15.0. The van der Waals surface area contributed by atoms with E-state index in [4.69, 9.17) is 11.6 Å². The lowest BCUT2D eigenvalue weighted by Crippen LogP contribution is -2.53. The Labute approximate surface area is 195 Å². The number of benzene rings is 2. The Morgan fingerprint density at radius 1 is 1.03 bits per heavy atom. The van der Waals surface area contributed by atoms with Gasteiger partial charge in [0.2, 0.25) is 21.8 Å². The van der Waals surface area contributed by atoms with E-state index < -0.39 is 28.5 Å². The van der Waals surface area contributed by atoms with E-state index >= 15 is 0 Å². The highest BCUT2D eigenvalue weighted by Crippen LogP contribution is 2.27. The van der Waals surface area contributed by atoms with Crippen molar-refractivity contribution in [3.8, 4) is 0 Å². The summed E-state index contributed by atoms with van der Waals surface area (Å²) in [6.07, 6.45) is 1.40. The normalized spacial score (nSPS) is 12.3. The summed E-state index contributed by atoms with van der Waals surface area (Å²) in [5, 5.41) is 3.07. The van der Waals surface area contributed by atoms with E-state index in [9.17, 15) is 18.0 Å². The molecule has 2 amide bonds. The Balaban J connectivity index is 2.43. The number of hydrogen-bond donors (Lipinski definition) is 1. The van der Waals surface area contributed by atoms with Crippen molar-refractivity contribution in [1.29, 1.82) is 0 Å². The van der Waals surface area contributed by atoms with E-state index in [-0.39, 0.29) is 29.2 Å². The van der Waals surface area contributed by atoms with Crippen LogP contribution in [0.3, 0.4) is 0 Å². The lowest BCUT2D eigenvalue weighted by atomic mass is 10.1. The van der Waals surface area contributed by atoms with Crippen molar-refractivity contribution in [3.63, 3.8) is 0 Å². The van der Waals surface area contributed by atoms with Crippen molar-refractivity contribution in [3.05, 3.63) is 65.2 Å². The van der Waals surface area contributed by atoms with Gasteiger partial charge < -0.3 is 10.2 Å². The molecule has 2 aromatic carbocycles. The third-order valence-corrected chi connectivity index (χ3v) is 6.26. The number of anilines is 1. The molecule has 0 spiro atoms. The van der Waals surface area contributed by atoms with Crippen molar-refractivity contribution in [1.82, 2.24) is 10.2 Å². The monoisotopic (exact) mass is 479 g/mol. The van der Waals surface area contributed by atoms with Crippen molar-refractivity contribution in [2.75, 3.05) is 17.1 Å². The molecule has 1 atom stereocenters. The molecule has 2 rings (SSSR count). The zero-order chi connectivity index (χ0) is 23.9. The van der Waals surface area contributed by atoms with E-state index in [1.54, 1.807) is 24.3 Å². The number of carbonyl (C=O) groups is 2. The lowest BCUT2D eigenvalue weighted by molar-refractivity contribution is -0.140. The fourth-order valence-electron chi connectivity index (χ4n) is 3.33. The summed E-state index contributed by atoms with van der Waals surface area (Å²) in [4.78, 5) is 27.8. The summed E-state index contributed by atoms with van der Waals surface area (Å²) >= 11 is 6.22. The van der Waals surface area contributed by atoms with Crippen LogP contribution >= 0.6 is 11.6 Å². The van der Waals surface area contributed by atoms with Gasteiger partial charge in [-0.05, 0) is 38.0 Å². The molecule has 0 fully saturated rings. The largest absolute Gasteiger partial charge is 0.352 e. The number of hydrogen-bond acceptors (Lipinski definition) is 4. The minimum atomic E-state index is -3.81. The van der Waals surface area contributed by atoms with E-state index in [2.05, 4.69) is 5.32 Å². The number of sulfonamides is 1. The maximum absolute atomic E-state index is 13.5. The Kier molecular flexibility index (Phi) is 9.09. The van der Waals surface area contributed by atoms with E-state index in [0.717, 1.165) is 16.1 Å². The standard InChI is InChI=1S/C23H30ClN3O4S/c1-5-20(23(29)25-17(2)3)26(15-18-11-7-6-8-12-18)22(28)16-27(32(4,30)31)21-14-10-9-13-19(21)24/h6-14,17,20H,5,15-16H2,1-4H3,(H,25,29). The smallest absolute Gasteiger partial charge is 0.244 e. The van der Waals surface area contributed by atoms with E-state index in [1.807, 2.05) is 51.1 Å². The first-order valence-corrected chi connectivity index (χ1v) is 12.6. The third kappa shape index (κ3) is 6.97. The highest BCUT2D eigenvalue weighted by molar-refractivity contribution is 7.92. The number of para-hydroxylation sites is 1. The summed E-state index contributed by atoms with van der Waals surface area (Å²) in [6.45, 7) is 5.20. The first kappa shape index (κ1) is 25.7. The zero-order valence-electron chi connectivity index (χ0n) is 18.8. The molecule has 9 heteroatoms. The van der Waals surface area contributed by atoms with Crippen molar-refractivity contribution < 1.29 is 18.0 Å². The van der Waals surface area contributed by atoms with E-state index in [0.29, 0.717) is 6.42 Å². The molecule has 32 heavy (non-hydrogen) atoms. The van der Waals surface area contributed by atoms with Gasteiger partial charge in [0.25, 0.3) is 0 Å². The molecule has 0 aliphatic carbocycles. The van der Waals surface area contributed by atoms with E-state index in [1.165, 1.54) is 4.90 Å². The summed E-state index contributed by atoms with van der Waals surface area (Å²) < 4.78 is 26.0. The maximum Gasteiger partial charge on any atom is 0.244 e. The molecule has 1 unspecified atom stereocenters. The van der Waals surface area contributed by atoms with Gasteiger partial charge in [0.15, 0.2) is 0 Å². The number of amides is 2. The van der Waals surface area contributed by atoms with Gasteiger partial charge in [-0.2, -0.15) is 0 Å². The first-order valence-electron chi connectivity index (χ1n) is 10.4. The molecule has 0 saturated heterocycles. The zero-order valence-corrected chi connectivity index (χ0v) is 20.4. The highest BCUT2D eigenvalue weighted by atomic mass is 35.5. The number of halogens is 1. The second-order valence-electron chi connectivity index (χ2n) is 7.82. The molecule has 0 heterocycles. The van der Waals surface area contributed by atoms with Gasteiger partial charge in [-0.3, -0.25) is 13.9 Å². The maximum atomic E-state index is 13.5. The van der Waals surface area contributed by atoms with Gasteiger partial charge >= 0.3 is 0 Å². The minimum Gasteiger partial charge on any atom is -0.352 e. The van der Waals surface area contributed by atoms with Crippen molar-refractivity contribution in [2.24, 2.45) is 0 Å². The Morgan fingerprint density at radius 3 is 2.16 bits per heavy atom. The van der Waals surface area contributed by atoms with Gasteiger partial charge in [0.1, 0.15) is 12.6 Å². The number of carbonyl (C=O) groups excluding carboxylic acids is 2. The fraction of sp³-hybridized carbons (Fsp3) is 0.391. The predicted octanol–water partition coefficient (Wildman–Crippen LogP) is 3.44. The molecule has 2 aromatic rings. The molecule has 0 aliphatic rings.